The molecule has 7 aromatic rings. The first-order valence-electron chi connectivity index (χ1n) is 18.4. The maximum atomic E-state index is 5.26. The number of hydrogen-bond donors (Lipinski definition) is 3. The van der Waals surface area contributed by atoms with Crippen LogP contribution in [0.1, 0.15) is 28.3 Å². The summed E-state index contributed by atoms with van der Waals surface area (Å²) in [6, 6.07) is 45.0. The van der Waals surface area contributed by atoms with Crippen LogP contribution in [0.5, 0.6) is 0 Å². The molecule has 6 heteroatoms. The number of rotatable bonds is 6. The monoisotopic (exact) mass is 696 g/mol. The van der Waals surface area contributed by atoms with Gasteiger partial charge in [0, 0.05) is 52.9 Å². The molecule has 2 aromatic heterocycles. The Balaban J connectivity index is 0.943. The normalized spacial score (nSPS) is 17.4. The minimum atomic E-state index is -0.134. The summed E-state index contributed by atoms with van der Waals surface area (Å²) in [5, 5.41) is 14.4. The molecule has 0 aliphatic carbocycles. The number of anilines is 1. The van der Waals surface area contributed by atoms with Gasteiger partial charge < -0.3 is 16.0 Å². The summed E-state index contributed by atoms with van der Waals surface area (Å²) in [7, 11) is 0. The maximum absolute atomic E-state index is 5.26. The molecule has 0 fully saturated rings. The molecule has 258 valence electrons. The zero-order chi connectivity index (χ0) is 35.8. The average Bonchev–Trinajstić information content (AvgIpc) is 3.26. The Morgan fingerprint density at radius 1 is 0.648 bits per heavy atom. The number of fused-ring (bicyclic) bond motifs is 4. The van der Waals surface area contributed by atoms with Crippen LogP contribution in [0.25, 0.3) is 55.8 Å². The molecule has 0 saturated heterocycles. The van der Waals surface area contributed by atoms with Crippen molar-refractivity contribution in [1.29, 1.82) is 0 Å². The van der Waals surface area contributed by atoms with E-state index < -0.39 is 0 Å². The molecule has 5 heterocycles. The Labute approximate surface area is 314 Å². The Morgan fingerprint density at radius 2 is 1.48 bits per heavy atom. The molecule has 2 unspecified atom stereocenters. The van der Waals surface area contributed by atoms with Gasteiger partial charge in [0.05, 0.1) is 29.0 Å². The molecule has 0 amide bonds. The molecule has 54 heavy (non-hydrogen) atoms. The predicted molar refractivity (Wildman–Crippen MR) is 223 cm³/mol. The number of pyridine rings is 2. The van der Waals surface area contributed by atoms with E-state index in [-0.39, 0.29) is 12.1 Å². The van der Waals surface area contributed by atoms with Gasteiger partial charge in [0.2, 0.25) is 0 Å². The lowest BCUT2D eigenvalue weighted by Gasteiger charge is -2.26. The number of nitrogens with one attached hydrogen (secondary N) is 3. The number of dihydropyridines is 1. The van der Waals surface area contributed by atoms with Crippen molar-refractivity contribution in [2.45, 2.75) is 12.1 Å². The van der Waals surface area contributed by atoms with Gasteiger partial charge in [0.25, 0.3) is 0 Å². The number of aliphatic imine (C=N–C) groups is 1. The van der Waals surface area contributed by atoms with Gasteiger partial charge in [-0.3, -0.25) is 9.98 Å². The van der Waals surface area contributed by atoms with Crippen LogP contribution in [0, 0.1) is 0 Å². The average molecular weight is 697 g/mol. The second-order valence-electron chi connectivity index (χ2n) is 13.9. The summed E-state index contributed by atoms with van der Waals surface area (Å²) < 4.78 is 0. The van der Waals surface area contributed by atoms with Gasteiger partial charge in [-0.25, -0.2) is 4.98 Å². The van der Waals surface area contributed by atoms with Gasteiger partial charge in [-0.15, -0.1) is 0 Å². The summed E-state index contributed by atoms with van der Waals surface area (Å²) in [5.74, 6) is 0.826. The molecule has 3 N–H and O–H groups in total. The fraction of sp³-hybridized carbons (Fsp3) is 0.0625. The van der Waals surface area contributed by atoms with Crippen LogP contribution in [0.3, 0.4) is 0 Å². The van der Waals surface area contributed by atoms with E-state index in [1.165, 1.54) is 21.9 Å². The molecule has 6 nitrogen and oxygen atoms in total. The lowest BCUT2D eigenvalue weighted by Crippen LogP contribution is -2.31. The Kier molecular flexibility index (Phi) is 7.91. The summed E-state index contributed by atoms with van der Waals surface area (Å²) in [6.07, 6.45) is 16.6. The second-order valence-corrected chi connectivity index (χ2v) is 13.9. The zero-order valence-electron chi connectivity index (χ0n) is 29.4. The van der Waals surface area contributed by atoms with Crippen molar-refractivity contribution in [2.24, 2.45) is 4.99 Å². The zero-order valence-corrected chi connectivity index (χ0v) is 29.4. The fourth-order valence-corrected chi connectivity index (χ4v) is 7.55. The van der Waals surface area contributed by atoms with E-state index in [2.05, 4.69) is 179 Å². The number of benzene rings is 5. The predicted octanol–water partition coefficient (Wildman–Crippen LogP) is 10.1. The number of amidine groups is 1. The standard InChI is InChI=1S/C48H36N6/c1-2-7-36-26-37(19-14-31(36)6-1)32-12-15-33(16-13-32)42-22-20-34-17-18-35-21-23-43(52-47(35)46(34)51-42)38-8-3-9-39(27-38)48-53-44(40-10-4-24-49-29-40)28-45(54-48)41-11-5-25-50-30-41/h1-24,26-30,43,45,50,52H,25H2,(H,53,54). The van der Waals surface area contributed by atoms with Gasteiger partial charge >= 0.3 is 0 Å². The van der Waals surface area contributed by atoms with E-state index in [4.69, 9.17) is 9.98 Å². The molecule has 10 rings (SSSR count). The lowest BCUT2D eigenvalue weighted by atomic mass is 9.96. The summed E-state index contributed by atoms with van der Waals surface area (Å²) in [6.45, 7) is 0.823. The molecule has 0 bridgehead atoms. The first-order chi connectivity index (χ1) is 26.7. The molecule has 5 aromatic carbocycles. The number of nitrogens with zero attached hydrogens (tertiary/aromatic N) is 3. The van der Waals surface area contributed by atoms with Crippen LogP contribution >= 0.6 is 0 Å². The Morgan fingerprint density at radius 3 is 2.35 bits per heavy atom. The van der Waals surface area contributed by atoms with E-state index in [0.29, 0.717) is 0 Å². The van der Waals surface area contributed by atoms with Gasteiger partial charge in [0.15, 0.2) is 0 Å². The molecule has 0 spiro atoms. The fourth-order valence-electron chi connectivity index (χ4n) is 7.55. The van der Waals surface area contributed by atoms with Crippen molar-refractivity contribution in [3.8, 4) is 22.4 Å². The molecule has 2 atom stereocenters. The van der Waals surface area contributed by atoms with Crippen molar-refractivity contribution in [1.82, 2.24) is 20.6 Å². The smallest absolute Gasteiger partial charge is 0.133 e. The third-order valence-electron chi connectivity index (χ3n) is 10.4. The van der Waals surface area contributed by atoms with E-state index >= 15 is 0 Å². The molecular weight excluding hydrogens is 661 g/mol. The maximum Gasteiger partial charge on any atom is 0.133 e. The lowest BCUT2D eigenvalue weighted by molar-refractivity contribution is 0.877. The van der Waals surface area contributed by atoms with Gasteiger partial charge in [-0.2, -0.15) is 0 Å². The van der Waals surface area contributed by atoms with E-state index in [9.17, 15) is 0 Å². The molecule has 0 saturated carbocycles. The van der Waals surface area contributed by atoms with Crippen LogP contribution < -0.4 is 16.0 Å². The SMILES string of the molecule is C1=CC(C2C=C(c3cccnc3)NC(c3cccc(C4C=Cc5ccc6ccc(-c7ccc(-c8ccc9ccccc9c8)cc7)nc6c5N4)c3)=N2)=CNC1. The largest absolute Gasteiger partial charge is 0.387 e. The van der Waals surface area contributed by atoms with Crippen LogP contribution in [-0.4, -0.2) is 28.4 Å². The second kappa shape index (κ2) is 13.5. The molecule has 3 aliphatic heterocycles. The Hall–Kier alpha value is -7.05. The topological polar surface area (TPSA) is 74.2 Å². The molecule has 3 aliphatic rings. The molecule has 0 radical (unpaired) electrons. The van der Waals surface area contributed by atoms with Crippen LogP contribution in [0.15, 0.2) is 181 Å². The van der Waals surface area contributed by atoms with Crippen molar-refractivity contribution >= 4 is 45.0 Å². The van der Waals surface area contributed by atoms with E-state index in [1.807, 2.05) is 12.3 Å². The Bertz CT molecular complexity index is 2720. The third kappa shape index (κ3) is 6.03. The van der Waals surface area contributed by atoms with Crippen molar-refractivity contribution in [3.05, 3.63) is 198 Å². The summed E-state index contributed by atoms with van der Waals surface area (Å²) in [5.41, 5.74) is 12.8. The van der Waals surface area contributed by atoms with Crippen LogP contribution in [0.4, 0.5) is 5.69 Å². The highest BCUT2D eigenvalue weighted by atomic mass is 15.0. The third-order valence-corrected chi connectivity index (χ3v) is 10.4. The quantitative estimate of drug-likeness (QED) is 0.161. The highest BCUT2D eigenvalue weighted by Gasteiger charge is 2.23. The number of aromatic nitrogens is 2. The van der Waals surface area contributed by atoms with Crippen molar-refractivity contribution < 1.29 is 0 Å². The van der Waals surface area contributed by atoms with Crippen LogP contribution in [0.2, 0.25) is 0 Å². The summed E-state index contributed by atoms with van der Waals surface area (Å²) >= 11 is 0. The van der Waals surface area contributed by atoms with Crippen LogP contribution in [-0.2, 0) is 0 Å². The first-order valence-corrected chi connectivity index (χ1v) is 18.4. The summed E-state index contributed by atoms with van der Waals surface area (Å²) in [4.78, 5) is 14.8. The van der Waals surface area contributed by atoms with Gasteiger partial charge in [0.1, 0.15) is 5.84 Å². The first kappa shape index (κ1) is 31.7. The van der Waals surface area contributed by atoms with E-state index in [0.717, 1.165) is 73.8 Å². The number of hydrogen-bond acceptors (Lipinski definition) is 6. The van der Waals surface area contributed by atoms with Crippen molar-refractivity contribution in [3.63, 3.8) is 0 Å². The van der Waals surface area contributed by atoms with Gasteiger partial charge in [-0.1, -0.05) is 121 Å². The minimum absolute atomic E-state index is 0.0451. The minimum Gasteiger partial charge on any atom is -0.387 e. The van der Waals surface area contributed by atoms with E-state index in [1.54, 1.807) is 6.20 Å². The van der Waals surface area contributed by atoms with Crippen molar-refractivity contribution in [2.75, 3.05) is 11.9 Å². The highest BCUT2D eigenvalue weighted by molar-refractivity contribution is 6.05. The molecular formula is C48H36N6. The van der Waals surface area contributed by atoms with Gasteiger partial charge in [-0.05, 0) is 75.0 Å². The highest BCUT2D eigenvalue weighted by Crippen LogP contribution is 2.37.